The van der Waals surface area contributed by atoms with Gasteiger partial charge in [0.2, 0.25) is 10.4 Å². The van der Waals surface area contributed by atoms with Crippen LogP contribution in [-0.2, 0) is 14.6 Å². The normalized spacial score (nSPS) is 11.2. The molecule has 0 aromatic rings. The van der Waals surface area contributed by atoms with Crippen molar-refractivity contribution in [2.45, 2.75) is 117 Å². The van der Waals surface area contributed by atoms with Crippen LogP contribution in [0, 0.1) is 0 Å². The molecule has 0 heterocycles. The zero-order valence-corrected chi connectivity index (χ0v) is 26.0. The van der Waals surface area contributed by atoms with Gasteiger partial charge in [0.1, 0.15) is 0 Å². The van der Waals surface area contributed by atoms with E-state index in [9.17, 15) is 13.0 Å². The number of rotatable bonds is 19. The third-order valence-electron chi connectivity index (χ3n) is 4.91. The standard InChI is InChI=1S/C12H26O4S.C11H26N.BrH.Na/c1-2-3-4-5-6-7-8-9-10-11-12-16-17(13,14)15;1-5-6-7-8-9-10-11-12(2,3)4;;/h2-12H2,1H3,(H,13,14,15);5-11H2,1-4H3;1H;/q;+1;;+1/p-2. The van der Waals surface area contributed by atoms with Crippen LogP contribution in [0.3, 0.4) is 0 Å². The molecule has 0 amide bonds. The van der Waals surface area contributed by atoms with Crippen LogP contribution in [0.15, 0.2) is 0 Å². The van der Waals surface area contributed by atoms with Gasteiger partial charge in [-0.15, -0.1) is 0 Å². The van der Waals surface area contributed by atoms with E-state index in [4.69, 9.17) is 0 Å². The number of hydrogen-bond donors (Lipinski definition) is 0. The molecule has 0 aromatic heterocycles. The molecule has 0 spiro atoms. The summed E-state index contributed by atoms with van der Waals surface area (Å²) < 4.78 is 35.6. The molecule has 0 saturated heterocycles. The molecule has 186 valence electrons. The summed E-state index contributed by atoms with van der Waals surface area (Å²) >= 11 is 0. The summed E-state index contributed by atoms with van der Waals surface area (Å²) in [7, 11) is 2.33. The Balaban J connectivity index is -0.000000232. The van der Waals surface area contributed by atoms with Crippen LogP contribution in [0.25, 0.3) is 0 Å². The Morgan fingerprint density at radius 3 is 1.29 bits per heavy atom. The van der Waals surface area contributed by atoms with Gasteiger partial charge >= 0.3 is 29.6 Å². The summed E-state index contributed by atoms with van der Waals surface area (Å²) in [5.41, 5.74) is 0. The van der Waals surface area contributed by atoms with Gasteiger partial charge in [-0.2, -0.15) is 0 Å². The van der Waals surface area contributed by atoms with Crippen molar-refractivity contribution in [3.05, 3.63) is 0 Å². The first-order valence-corrected chi connectivity index (χ1v) is 13.4. The predicted molar refractivity (Wildman–Crippen MR) is 124 cm³/mol. The molecule has 0 aliphatic heterocycles. The van der Waals surface area contributed by atoms with E-state index in [1.807, 2.05) is 0 Å². The summed E-state index contributed by atoms with van der Waals surface area (Å²) in [5, 5.41) is 0. The van der Waals surface area contributed by atoms with Crippen molar-refractivity contribution < 1.29 is 68.2 Å². The number of halogens is 1. The minimum absolute atomic E-state index is 0. The molecule has 0 fully saturated rings. The molecule has 5 nitrogen and oxygen atoms in total. The van der Waals surface area contributed by atoms with Crippen LogP contribution in [0.4, 0.5) is 0 Å². The van der Waals surface area contributed by atoms with E-state index in [1.54, 1.807) is 0 Å². The maximum Gasteiger partial charge on any atom is 1.00 e. The summed E-state index contributed by atoms with van der Waals surface area (Å²) in [4.78, 5) is 0. The first-order valence-electron chi connectivity index (χ1n) is 12.0. The second kappa shape index (κ2) is 27.6. The minimum atomic E-state index is -4.48. The van der Waals surface area contributed by atoms with Gasteiger partial charge in [-0.25, -0.2) is 8.42 Å². The fourth-order valence-corrected chi connectivity index (χ4v) is 3.44. The third-order valence-corrected chi connectivity index (χ3v) is 5.36. The largest absolute Gasteiger partial charge is 1.00 e. The molecule has 0 unspecified atom stereocenters. The van der Waals surface area contributed by atoms with Crippen LogP contribution in [0.5, 0.6) is 0 Å². The first kappa shape index (κ1) is 39.5. The van der Waals surface area contributed by atoms with Crippen LogP contribution < -0.4 is 46.5 Å². The fourth-order valence-electron chi connectivity index (χ4n) is 3.12. The fraction of sp³-hybridized carbons (Fsp3) is 1.00. The zero-order valence-electron chi connectivity index (χ0n) is 21.6. The Morgan fingerprint density at radius 2 is 0.968 bits per heavy atom. The van der Waals surface area contributed by atoms with Gasteiger partial charge in [-0.1, -0.05) is 97.3 Å². The van der Waals surface area contributed by atoms with Crippen LogP contribution in [-0.4, -0.2) is 51.7 Å². The maximum absolute atomic E-state index is 10.1. The van der Waals surface area contributed by atoms with Crippen molar-refractivity contribution in [3.63, 3.8) is 0 Å². The van der Waals surface area contributed by atoms with E-state index in [0.29, 0.717) is 6.42 Å². The van der Waals surface area contributed by atoms with E-state index in [2.05, 4.69) is 39.2 Å². The van der Waals surface area contributed by atoms with E-state index >= 15 is 0 Å². The van der Waals surface area contributed by atoms with Crippen LogP contribution >= 0.6 is 0 Å². The first-order chi connectivity index (χ1) is 13.6. The van der Waals surface area contributed by atoms with Gasteiger partial charge in [0.25, 0.3) is 0 Å². The van der Waals surface area contributed by atoms with E-state index in [-0.39, 0.29) is 53.1 Å². The molecule has 0 saturated carbocycles. The molecule has 0 aromatic carbocycles. The topological polar surface area (TPSA) is 66.4 Å². The molecule has 0 aliphatic carbocycles. The van der Waals surface area contributed by atoms with Gasteiger partial charge in [0.05, 0.1) is 34.3 Å². The molecule has 0 rings (SSSR count). The van der Waals surface area contributed by atoms with Crippen molar-refractivity contribution in [3.8, 4) is 0 Å². The van der Waals surface area contributed by atoms with Gasteiger partial charge in [-0.05, 0) is 19.3 Å². The van der Waals surface area contributed by atoms with Gasteiger partial charge in [0, 0.05) is 0 Å². The Morgan fingerprint density at radius 1 is 0.645 bits per heavy atom. The van der Waals surface area contributed by atoms with E-state index in [0.717, 1.165) is 17.3 Å². The molecule has 0 N–H and O–H groups in total. The average molecular weight is 541 g/mol. The second-order valence-electron chi connectivity index (χ2n) is 9.19. The van der Waals surface area contributed by atoms with Crippen molar-refractivity contribution >= 4 is 10.4 Å². The van der Waals surface area contributed by atoms with E-state index < -0.39 is 10.4 Å². The SMILES string of the molecule is CCCCCCCCCCCCOS(=O)(=O)[O-].CCCCCCCC[N+](C)(C)C.[Br-].[Na+]. The molecule has 0 aliphatic rings. The smallest absolute Gasteiger partial charge is 1.00 e. The van der Waals surface area contributed by atoms with Crippen molar-refractivity contribution in [2.75, 3.05) is 34.3 Å². The van der Waals surface area contributed by atoms with Gasteiger partial charge in [-0.3, -0.25) is 4.18 Å². The Bertz CT molecular complexity index is 432. The summed E-state index contributed by atoms with van der Waals surface area (Å²) in [6, 6.07) is 0. The van der Waals surface area contributed by atoms with E-state index in [1.165, 1.54) is 90.0 Å². The Kier molecular flexibility index (Phi) is 35.1. The molecule has 0 atom stereocenters. The van der Waals surface area contributed by atoms with Crippen molar-refractivity contribution in [1.82, 2.24) is 0 Å². The quantitative estimate of drug-likeness (QED) is 0.0785. The monoisotopic (exact) mass is 539 g/mol. The zero-order chi connectivity index (χ0) is 22.4. The van der Waals surface area contributed by atoms with Crippen LogP contribution in [0.1, 0.15) is 117 Å². The molecule has 8 heteroatoms. The molecule has 0 bridgehead atoms. The average Bonchev–Trinajstić information content (AvgIpc) is 2.61. The third kappa shape index (κ3) is 45.5. The Labute approximate surface area is 228 Å². The van der Waals surface area contributed by atoms with Crippen molar-refractivity contribution in [2.24, 2.45) is 0 Å². The molecule has 0 radical (unpaired) electrons. The maximum atomic E-state index is 10.1. The summed E-state index contributed by atoms with van der Waals surface area (Å²) in [5.74, 6) is 0. The summed E-state index contributed by atoms with van der Waals surface area (Å²) in [6.07, 6.45) is 20.2. The van der Waals surface area contributed by atoms with Crippen molar-refractivity contribution in [1.29, 1.82) is 0 Å². The Hall–Kier alpha value is 1.31. The second-order valence-corrected chi connectivity index (χ2v) is 10.2. The number of nitrogens with zero attached hydrogens (tertiary/aromatic N) is 1. The predicted octanol–water partition coefficient (Wildman–Crippen LogP) is 0.445. The molecule has 31 heavy (non-hydrogen) atoms. The number of hydrogen-bond acceptors (Lipinski definition) is 4. The number of unbranched alkanes of at least 4 members (excludes halogenated alkanes) is 14. The number of quaternary nitrogens is 1. The van der Waals surface area contributed by atoms with Gasteiger partial charge < -0.3 is 26.0 Å². The minimum Gasteiger partial charge on any atom is -1.00 e. The van der Waals surface area contributed by atoms with Crippen LogP contribution in [0.2, 0.25) is 0 Å². The summed E-state index contributed by atoms with van der Waals surface area (Å²) in [6.45, 7) is 5.84. The molecular formula is C23H51BrNNaO4S. The van der Waals surface area contributed by atoms with Gasteiger partial charge in [0.15, 0.2) is 0 Å². The molecular weight excluding hydrogens is 489 g/mol.